The number of rotatable bonds is 4. The summed E-state index contributed by atoms with van der Waals surface area (Å²) in [7, 11) is 0. The summed E-state index contributed by atoms with van der Waals surface area (Å²) in [5, 5.41) is 11.1. The molecule has 2 atom stereocenters. The molecule has 3 aliphatic rings. The smallest absolute Gasteiger partial charge is 0.251 e. The van der Waals surface area contributed by atoms with Gasteiger partial charge in [-0.1, -0.05) is 23.1 Å². The summed E-state index contributed by atoms with van der Waals surface area (Å²) in [6.07, 6.45) is 2.40. The minimum absolute atomic E-state index is 0.0352. The summed E-state index contributed by atoms with van der Waals surface area (Å²) in [4.78, 5) is 16.2. The first-order chi connectivity index (χ1) is 11.7. The molecule has 2 aromatic rings. The van der Waals surface area contributed by atoms with Crippen molar-refractivity contribution in [1.29, 1.82) is 0 Å². The third kappa shape index (κ3) is 3.20. The van der Waals surface area contributed by atoms with E-state index in [1.165, 1.54) is 37.3 Å². The zero-order valence-corrected chi connectivity index (χ0v) is 15.1. The van der Waals surface area contributed by atoms with Gasteiger partial charge in [-0.15, -0.1) is 10.2 Å². The van der Waals surface area contributed by atoms with E-state index in [1.54, 1.807) is 17.3 Å². The van der Waals surface area contributed by atoms with Crippen LogP contribution in [0.25, 0.3) is 0 Å². The van der Waals surface area contributed by atoms with Crippen molar-refractivity contribution in [2.45, 2.75) is 41.1 Å². The highest BCUT2D eigenvalue weighted by Crippen LogP contribution is 2.32. The van der Waals surface area contributed by atoms with Crippen LogP contribution in [0.2, 0.25) is 0 Å². The molecule has 3 fully saturated rings. The predicted molar refractivity (Wildman–Crippen MR) is 95.5 cm³/mol. The standard InChI is InChI=1S/C17H20N4OS2/c1-11-15(12-6-8-21(11)9-7-12)19-16(22)13-2-4-14(5-3-13)24-17-20-18-10-23-17/h2-5,10-12,15H,6-9H2,1H3,(H,19,22)/t11-,15-/m0/s1. The molecule has 0 radical (unpaired) electrons. The minimum atomic E-state index is 0.0352. The Morgan fingerprint density at radius 2 is 2.04 bits per heavy atom. The van der Waals surface area contributed by atoms with E-state index in [2.05, 4.69) is 27.3 Å². The van der Waals surface area contributed by atoms with Crippen LogP contribution in [0, 0.1) is 5.92 Å². The third-order valence-electron chi connectivity index (χ3n) is 5.14. The summed E-state index contributed by atoms with van der Waals surface area (Å²) >= 11 is 3.08. The fourth-order valence-corrected chi connectivity index (χ4v) is 5.21. The Morgan fingerprint density at radius 1 is 1.29 bits per heavy atom. The van der Waals surface area contributed by atoms with Crippen molar-refractivity contribution in [3.05, 3.63) is 35.3 Å². The van der Waals surface area contributed by atoms with E-state index in [1.807, 2.05) is 24.3 Å². The molecule has 4 heterocycles. The van der Waals surface area contributed by atoms with Crippen LogP contribution in [-0.4, -0.2) is 46.2 Å². The number of fused-ring (bicyclic) bond motifs is 3. The summed E-state index contributed by atoms with van der Waals surface area (Å²) in [6.45, 7) is 4.59. The van der Waals surface area contributed by atoms with Crippen LogP contribution < -0.4 is 5.32 Å². The van der Waals surface area contributed by atoms with Gasteiger partial charge in [-0.05, 0) is 63.0 Å². The Kier molecular flexibility index (Phi) is 4.56. The number of amides is 1. The topological polar surface area (TPSA) is 58.1 Å². The molecule has 0 spiro atoms. The number of hydrogen-bond donors (Lipinski definition) is 1. The lowest BCUT2D eigenvalue weighted by atomic mass is 9.79. The number of aromatic nitrogens is 2. The van der Waals surface area contributed by atoms with Gasteiger partial charge in [0, 0.05) is 22.5 Å². The van der Waals surface area contributed by atoms with E-state index in [4.69, 9.17) is 0 Å². The van der Waals surface area contributed by atoms with Crippen molar-refractivity contribution in [2.24, 2.45) is 5.92 Å². The van der Waals surface area contributed by atoms with Gasteiger partial charge in [0.1, 0.15) is 5.51 Å². The van der Waals surface area contributed by atoms with Crippen LogP contribution in [0.5, 0.6) is 0 Å². The number of carbonyl (C=O) groups excluding carboxylic acids is 1. The molecule has 2 bridgehead atoms. The van der Waals surface area contributed by atoms with Gasteiger partial charge < -0.3 is 5.32 Å². The lowest BCUT2D eigenvalue weighted by molar-refractivity contribution is 0.0217. The Labute approximate surface area is 149 Å². The molecule has 1 N–H and O–H groups in total. The first-order valence-corrected chi connectivity index (χ1v) is 9.99. The molecule has 5 rings (SSSR count). The van der Waals surface area contributed by atoms with Crippen molar-refractivity contribution in [3.63, 3.8) is 0 Å². The molecular weight excluding hydrogens is 340 g/mol. The fraction of sp³-hybridized carbons (Fsp3) is 0.471. The highest BCUT2D eigenvalue weighted by Gasteiger charge is 2.40. The van der Waals surface area contributed by atoms with Gasteiger partial charge >= 0.3 is 0 Å². The van der Waals surface area contributed by atoms with Gasteiger partial charge in [0.15, 0.2) is 4.34 Å². The maximum absolute atomic E-state index is 12.6. The highest BCUT2D eigenvalue weighted by molar-refractivity contribution is 8.01. The van der Waals surface area contributed by atoms with E-state index in [0.717, 1.165) is 14.8 Å². The monoisotopic (exact) mass is 360 g/mol. The molecule has 24 heavy (non-hydrogen) atoms. The van der Waals surface area contributed by atoms with Crippen LogP contribution in [0.1, 0.15) is 30.1 Å². The van der Waals surface area contributed by atoms with Gasteiger partial charge in [0.25, 0.3) is 5.91 Å². The van der Waals surface area contributed by atoms with E-state index in [9.17, 15) is 4.79 Å². The average molecular weight is 361 g/mol. The SMILES string of the molecule is C[C@H]1[C@H](NC(=O)c2ccc(Sc3nncs3)cc2)C2CCN1CC2. The number of piperidine rings is 3. The molecule has 5 nitrogen and oxygen atoms in total. The zero-order valence-electron chi connectivity index (χ0n) is 13.5. The molecule has 1 aromatic heterocycles. The Hall–Kier alpha value is -1.44. The Balaban J connectivity index is 1.41. The number of hydrogen-bond acceptors (Lipinski definition) is 6. The van der Waals surface area contributed by atoms with Crippen molar-refractivity contribution in [2.75, 3.05) is 13.1 Å². The van der Waals surface area contributed by atoms with Crippen LogP contribution in [0.4, 0.5) is 0 Å². The van der Waals surface area contributed by atoms with Crippen LogP contribution in [0.3, 0.4) is 0 Å². The van der Waals surface area contributed by atoms with Crippen molar-refractivity contribution in [3.8, 4) is 0 Å². The lowest BCUT2D eigenvalue weighted by Crippen LogP contribution is -2.62. The van der Waals surface area contributed by atoms with Crippen molar-refractivity contribution >= 4 is 29.0 Å². The second-order valence-electron chi connectivity index (χ2n) is 6.44. The molecule has 7 heteroatoms. The number of carbonyl (C=O) groups is 1. The highest BCUT2D eigenvalue weighted by atomic mass is 32.2. The van der Waals surface area contributed by atoms with E-state index < -0.39 is 0 Å². The molecule has 1 amide bonds. The maximum atomic E-state index is 12.6. The number of nitrogens with zero attached hydrogens (tertiary/aromatic N) is 3. The maximum Gasteiger partial charge on any atom is 0.251 e. The molecule has 3 saturated heterocycles. The fourth-order valence-electron chi connectivity index (χ4n) is 3.76. The normalized spacial score (nSPS) is 28.7. The van der Waals surface area contributed by atoms with Gasteiger partial charge in [-0.2, -0.15) is 0 Å². The quantitative estimate of drug-likeness (QED) is 0.908. The summed E-state index contributed by atoms with van der Waals surface area (Å²) < 4.78 is 0.910. The van der Waals surface area contributed by atoms with E-state index in [0.29, 0.717) is 12.0 Å². The minimum Gasteiger partial charge on any atom is -0.347 e. The first kappa shape index (κ1) is 16.1. The van der Waals surface area contributed by atoms with Gasteiger partial charge in [0.05, 0.1) is 0 Å². The first-order valence-electron chi connectivity index (χ1n) is 8.30. The molecule has 0 unspecified atom stereocenters. The molecule has 0 aliphatic carbocycles. The summed E-state index contributed by atoms with van der Waals surface area (Å²) in [5.41, 5.74) is 2.44. The third-order valence-corrected chi connectivity index (χ3v) is 6.92. The lowest BCUT2D eigenvalue weighted by Gasteiger charge is -2.49. The Morgan fingerprint density at radius 3 is 2.67 bits per heavy atom. The molecular formula is C17H20N4OS2. The van der Waals surface area contributed by atoms with Crippen molar-refractivity contribution in [1.82, 2.24) is 20.4 Å². The molecule has 126 valence electrons. The molecule has 0 saturated carbocycles. The average Bonchev–Trinajstić information content (AvgIpc) is 3.12. The van der Waals surface area contributed by atoms with Crippen molar-refractivity contribution < 1.29 is 4.79 Å². The van der Waals surface area contributed by atoms with Crippen LogP contribution in [0.15, 0.2) is 39.0 Å². The van der Waals surface area contributed by atoms with Gasteiger partial charge in [-0.3, -0.25) is 9.69 Å². The Bertz CT molecular complexity index is 694. The predicted octanol–water partition coefficient (Wildman–Crippen LogP) is 2.90. The van der Waals surface area contributed by atoms with E-state index >= 15 is 0 Å². The second-order valence-corrected chi connectivity index (χ2v) is 8.60. The summed E-state index contributed by atoms with van der Waals surface area (Å²) in [6, 6.07) is 8.45. The molecule has 1 aromatic carbocycles. The van der Waals surface area contributed by atoms with E-state index in [-0.39, 0.29) is 11.9 Å². The largest absolute Gasteiger partial charge is 0.347 e. The zero-order chi connectivity index (χ0) is 16.5. The van der Waals surface area contributed by atoms with Crippen LogP contribution in [-0.2, 0) is 0 Å². The number of nitrogens with one attached hydrogen (secondary N) is 1. The summed E-state index contributed by atoms with van der Waals surface area (Å²) in [5.74, 6) is 0.661. The van der Waals surface area contributed by atoms with Gasteiger partial charge in [-0.25, -0.2) is 0 Å². The van der Waals surface area contributed by atoms with Gasteiger partial charge in [0.2, 0.25) is 0 Å². The van der Waals surface area contributed by atoms with Crippen LogP contribution >= 0.6 is 23.1 Å². The molecule has 3 aliphatic heterocycles. The second kappa shape index (κ2) is 6.82. The number of benzene rings is 1.